The standard InChI is InChI=1S/C13H11N3O4/c1-3-6-15-13(17)9(2)20-12-5-4-10(8-14)7-11(12)16(18)19/h1,4-5,7,9H,6H2,2H3,(H,15,17). The van der Waals surface area contributed by atoms with Crippen molar-refractivity contribution in [2.45, 2.75) is 13.0 Å². The molecule has 0 aromatic heterocycles. The lowest BCUT2D eigenvalue weighted by Gasteiger charge is -2.13. The van der Waals surface area contributed by atoms with E-state index < -0.39 is 16.9 Å². The number of nitro benzene ring substituents is 1. The van der Waals surface area contributed by atoms with Gasteiger partial charge in [0.1, 0.15) is 0 Å². The number of ether oxygens (including phenoxy) is 1. The molecule has 1 amide bonds. The number of benzene rings is 1. The zero-order valence-corrected chi connectivity index (χ0v) is 10.6. The van der Waals surface area contributed by atoms with Crippen LogP contribution in [0, 0.1) is 33.8 Å². The van der Waals surface area contributed by atoms with E-state index in [1.807, 2.05) is 0 Å². The number of nitrogens with one attached hydrogen (secondary N) is 1. The topological polar surface area (TPSA) is 105 Å². The Morgan fingerprint density at radius 1 is 1.65 bits per heavy atom. The predicted octanol–water partition coefficient (Wildman–Crippen LogP) is 0.983. The van der Waals surface area contributed by atoms with Gasteiger partial charge in [-0.3, -0.25) is 14.9 Å². The number of nitro groups is 1. The highest BCUT2D eigenvalue weighted by Gasteiger charge is 2.21. The van der Waals surface area contributed by atoms with E-state index in [4.69, 9.17) is 16.4 Å². The first-order chi connectivity index (χ1) is 9.49. The minimum absolute atomic E-state index is 0.0436. The SMILES string of the molecule is C#CCNC(=O)C(C)Oc1ccc(C#N)cc1[N+](=O)[O-]. The Balaban J connectivity index is 2.92. The van der Waals surface area contributed by atoms with Gasteiger partial charge in [-0.15, -0.1) is 6.42 Å². The van der Waals surface area contributed by atoms with Crippen molar-refractivity contribution in [3.63, 3.8) is 0 Å². The smallest absolute Gasteiger partial charge is 0.312 e. The van der Waals surface area contributed by atoms with Gasteiger partial charge in [0.15, 0.2) is 11.9 Å². The van der Waals surface area contributed by atoms with E-state index in [0.29, 0.717) is 0 Å². The molecule has 7 heteroatoms. The Morgan fingerprint density at radius 2 is 2.35 bits per heavy atom. The van der Waals surface area contributed by atoms with Crippen LogP contribution in [0.4, 0.5) is 5.69 Å². The molecule has 1 atom stereocenters. The Kier molecular flexibility index (Phi) is 5.07. The number of rotatable bonds is 5. The zero-order valence-electron chi connectivity index (χ0n) is 10.6. The molecule has 0 aliphatic heterocycles. The molecule has 1 unspecified atom stereocenters. The first-order valence-electron chi connectivity index (χ1n) is 5.56. The number of hydrogen-bond acceptors (Lipinski definition) is 5. The monoisotopic (exact) mass is 273 g/mol. The number of hydrogen-bond donors (Lipinski definition) is 1. The van der Waals surface area contributed by atoms with Crippen molar-refractivity contribution in [1.29, 1.82) is 5.26 Å². The molecule has 0 aliphatic rings. The molecule has 1 aromatic rings. The molecule has 0 saturated carbocycles. The van der Waals surface area contributed by atoms with Crippen LogP contribution in [-0.4, -0.2) is 23.5 Å². The number of terminal acetylenes is 1. The van der Waals surface area contributed by atoms with Gasteiger partial charge >= 0.3 is 5.69 Å². The van der Waals surface area contributed by atoms with Crippen LogP contribution in [-0.2, 0) is 4.79 Å². The van der Waals surface area contributed by atoms with Crippen LogP contribution in [0.25, 0.3) is 0 Å². The Labute approximate surface area is 115 Å². The Hall–Kier alpha value is -3.06. The summed E-state index contributed by atoms with van der Waals surface area (Å²) in [6.07, 6.45) is 4.05. The Bertz CT molecular complexity index is 613. The maximum Gasteiger partial charge on any atom is 0.312 e. The molecule has 0 heterocycles. The molecule has 0 bridgehead atoms. The van der Waals surface area contributed by atoms with Crippen LogP contribution in [0.3, 0.4) is 0 Å². The van der Waals surface area contributed by atoms with Crippen molar-refractivity contribution < 1.29 is 14.5 Å². The van der Waals surface area contributed by atoms with E-state index in [9.17, 15) is 14.9 Å². The van der Waals surface area contributed by atoms with E-state index in [2.05, 4.69) is 11.2 Å². The average Bonchev–Trinajstić information content (AvgIpc) is 2.44. The third-order valence-electron chi connectivity index (χ3n) is 2.32. The van der Waals surface area contributed by atoms with E-state index in [1.165, 1.54) is 19.1 Å². The van der Waals surface area contributed by atoms with Crippen LogP contribution in [0.1, 0.15) is 12.5 Å². The third kappa shape index (κ3) is 3.72. The fourth-order valence-corrected chi connectivity index (χ4v) is 1.36. The average molecular weight is 273 g/mol. The van der Waals surface area contributed by atoms with Crippen LogP contribution in [0.5, 0.6) is 5.75 Å². The van der Waals surface area contributed by atoms with E-state index >= 15 is 0 Å². The summed E-state index contributed by atoms with van der Waals surface area (Å²) in [5.41, 5.74) is -0.242. The summed E-state index contributed by atoms with van der Waals surface area (Å²) in [7, 11) is 0. The van der Waals surface area contributed by atoms with Crippen molar-refractivity contribution in [3.8, 4) is 24.2 Å². The van der Waals surface area contributed by atoms with Gasteiger partial charge in [-0.2, -0.15) is 5.26 Å². The number of amides is 1. The van der Waals surface area contributed by atoms with Crippen LogP contribution in [0.2, 0.25) is 0 Å². The predicted molar refractivity (Wildman–Crippen MR) is 69.7 cm³/mol. The normalized spacial score (nSPS) is 10.8. The largest absolute Gasteiger partial charge is 0.474 e. The van der Waals surface area contributed by atoms with Crippen molar-refractivity contribution in [2.75, 3.05) is 6.54 Å². The number of carbonyl (C=O) groups is 1. The second-order valence-corrected chi connectivity index (χ2v) is 3.73. The highest BCUT2D eigenvalue weighted by atomic mass is 16.6. The first kappa shape index (κ1) is 15.0. The molecule has 1 rings (SSSR count). The third-order valence-corrected chi connectivity index (χ3v) is 2.32. The number of nitrogens with zero attached hydrogens (tertiary/aromatic N) is 2. The summed E-state index contributed by atoms with van der Waals surface area (Å²) < 4.78 is 5.23. The van der Waals surface area contributed by atoms with Crippen LogP contribution in [0.15, 0.2) is 18.2 Å². The fraction of sp³-hybridized carbons (Fsp3) is 0.231. The molecule has 0 saturated heterocycles. The van der Waals surface area contributed by atoms with Gasteiger partial charge in [-0.25, -0.2) is 0 Å². The van der Waals surface area contributed by atoms with Gasteiger partial charge in [-0.05, 0) is 19.1 Å². The molecule has 0 aliphatic carbocycles. The van der Waals surface area contributed by atoms with Crippen LogP contribution < -0.4 is 10.1 Å². The minimum Gasteiger partial charge on any atom is -0.474 e. The molecule has 1 N–H and O–H groups in total. The fourth-order valence-electron chi connectivity index (χ4n) is 1.36. The van der Waals surface area contributed by atoms with Crippen molar-refractivity contribution >= 4 is 11.6 Å². The van der Waals surface area contributed by atoms with Crippen LogP contribution >= 0.6 is 0 Å². The maximum atomic E-state index is 11.6. The highest BCUT2D eigenvalue weighted by molar-refractivity contribution is 5.81. The summed E-state index contributed by atoms with van der Waals surface area (Å²) in [6.45, 7) is 1.48. The second kappa shape index (κ2) is 6.76. The summed E-state index contributed by atoms with van der Waals surface area (Å²) in [5.74, 6) is 1.66. The van der Waals surface area contributed by atoms with E-state index in [0.717, 1.165) is 6.07 Å². The van der Waals surface area contributed by atoms with E-state index in [1.54, 1.807) is 6.07 Å². The van der Waals surface area contributed by atoms with Gasteiger partial charge in [0.25, 0.3) is 5.91 Å². The molecule has 7 nitrogen and oxygen atoms in total. The summed E-state index contributed by atoms with van der Waals surface area (Å²) in [5, 5.41) is 22.0. The molecule has 0 fully saturated rings. The lowest BCUT2D eigenvalue weighted by molar-refractivity contribution is -0.386. The van der Waals surface area contributed by atoms with Gasteiger partial charge < -0.3 is 10.1 Å². The molecule has 0 spiro atoms. The molecule has 20 heavy (non-hydrogen) atoms. The zero-order chi connectivity index (χ0) is 15.1. The molecule has 102 valence electrons. The second-order valence-electron chi connectivity index (χ2n) is 3.73. The summed E-state index contributed by atoms with van der Waals surface area (Å²) in [6, 6.07) is 5.53. The highest BCUT2D eigenvalue weighted by Crippen LogP contribution is 2.28. The van der Waals surface area contributed by atoms with Crippen molar-refractivity contribution in [3.05, 3.63) is 33.9 Å². The summed E-state index contributed by atoms with van der Waals surface area (Å²) in [4.78, 5) is 21.8. The Morgan fingerprint density at radius 3 is 2.90 bits per heavy atom. The van der Waals surface area contributed by atoms with E-state index in [-0.39, 0.29) is 23.5 Å². The van der Waals surface area contributed by atoms with Gasteiger partial charge in [0, 0.05) is 6.07 Å². The number of nitriles is 1. The summed E-state index contributed by atoms with van der Waals surface area (Å²) >= 11 is 0. The van der Waals surface area contributed by atoms with Crippen molar-refractivity contribution in [2.24, 2.45) is 0 Å². The molecule has 1 aromatic carbocycles. The number of carbonyl (C=O) groups excluding carboxylic acids is 1. The van der Waals surface area contributed by atoms with Gasteiger partial charge in [-0.1, -0.05) is 5.92 Å². The van der Waals surface area contributed by atoms with Crippen molar-refractivity contribution in [1.82, 2.24) is 5.32 Å². The molecule has 0 radical (unpaired) electrons. The first-order valence-corrected chi connectivity index (χ1v) is 5.56. The lowest BCUT2D eigenvalue weighted by Crippen LogP contribution is -2.36. The minimum atomic E-state index is -0.949. The van der Waals surface area contributed by atoms with Gasteiger partial charge in [0.2, 0.25) is 0 Å². The lowest BCUT2D eigenvalue weighted by atomic mass is 10.2. The quantitative estimate of drug-likeness (QED) is 0.489. The molecular formula is C13H11N3O4. The molecular weight excluding hydrogens is 262 g/mol. The van der Waals surface area contributed by atoms with Gasteiger partial charge in [0.05, 0.1) is 23.1 Å². The maximum absolute atomic E-state index is 11.6.